The molecule has 0 bridgehead atoms. The normalized spacial score (nSPS) is 11.7. The van der Waals surface area contributed by atoms with E-state index in [4.69, 9.17) is 0 Å². The van der Waals surface area contributed by atoms with Gasteiger partial charge in [-0.25, -0.2) is 17.6 Å². The highest BCUT2D eigenvalue weighted by Gasteiger charge is 2.42. The van der Waals surface area contributed by atoms with Crippen LogP contribution in [-0.2, 0) is 6.18 Å². The molecule has 0 amide bonds. The molecule has 1 aromatic carbocycles. The molecule has 0 saturated heterocycles. The van der Waals surface area contributed by atoms with E-state index in [0.29, 0.717) is 0 Å². The lowest BCUT2D eigenvalue weighted by molar-refractivity contribution is -0.142. The highest BCUT2D eigenvalue weighted by molar-refractivity contribution is 5.76. The van der Waals surface area contributed by atoms with Crippen molar-refractivity contribution >= 4 is 6.29 Å². The predicted molar refractivity (Wildman–Crippen MR) is 36.7 cm³/mol. The van der Waals surface area contributed by atoms with E-state index >= 15 is 0 Å². The zero-order valence-corrected chi connectivity index (χ0v) is 7.13. The van der Waals surface area contributed by atoms with Crippen molar-refractivity contribution in [2.75, 3.05) is 0 Å². The lowest BCUT2D eigenvalue weighted by atomic mass is 10.1. The molecule has 0 radical (unpaired) electrons. The summed E-state index contributed by atoms with van der Waals surface area (Å²) in [6.45, 7) is 0. The lowest BCUT2D eigenvalue weighted by Gasteiger charge is -2.11. The van der Waals surface area contributed by atoms with Gasteiger partial charge in [0.05, 0.1) is 5.56 Å². The van der Waals surface area contributed by atoms with Crippen molar-refractivity contribution in [2.24, 2.45) is 0 Å². The number of aldehydes is 1. The van der Waals surface area contributed by atoms with Gasteiger partial charge in [-0.05, 0) is 0 Å². The highest BCUT2D eigenvalue weighted by atomic mass is 19.4. The average Bonchev–Trinajstić information content (AvgIpc) is 2.13. The molecule has 0 atom stereocenters. The summed E-state index contributed by atoms with van der Waals surface area (Å²) in [5.41, 5.74) is -4.43. The van der Waals surface area contributed by atoms with Crippen molar-refractivity contribution < 1.29 is 35.5 Å². The minimum absolute atomic E-state index is 0.664. The summed E-state index contributed by atoms with van der Waals surface area (Å²) in [6, 6.07) is 0. The Labute approximate surface area is 83.5 Å². The minimum Gasteiger partial charge on any atom is -0.298 e. The number of carbonyl (C=O) groups is 1. The van der Waals surface area contributed by atoms with Crippen molar-refractivity contribution in [1.29, 1.82) is 0 Å². The Morgan fingerprint density at radius 3 is 1.69 bits per heavy atom. The fourth-order valence-corrected chi connectivity index (χ4v) is 1.00. The molecule has 0 fully saturated rings. The Kier molecular flexibility index (Phi) is 2.93. The maximum absolute atomic E-state index is 12.9. The highest BCUT2D eigenvalue weighted by Crippen LogP contribution is 2.36. The van der Waals surface area contributed by atoms with Crippen LogP contribution in [0.1, 0.15) is 15.9 Å². The van der Waals surface area contributed by atoms with Crippen molar-refractivity contribution in [3.63, 3.8) is 0 Å². The Bertz CT molecular complexity index is 449. The summed E-state index contributed by atoms with van der Waals surface area (Å²) in [6.07, 6.45) is -6.23. The van der Waals surface area contributed by atoms with Crippen molar-refractivity contribution in [3.8, 4) is 0 Å². The van der Waals surface area contributed by atoms with Crippen LogP contribution in [0.3, 0.4) is 0 Å². The van der Waals surface area contributed by atoms with Gasteiger partial charge >= 0.3 is 6.18 Å². The fourth-order valence-electron chi connectivity index (χ4n) is 1.00. The van der Waals surface area contributed by atoms with Gasteiger partial charge in [0, 0.05) is 0 Å². The Balaban J connectivity index is 3.76. The van der Waals surface area contributed by atoms with E-state index in [2.05, 4.69) is 0 Å². The number of halogens is 7. The molecule has 0 unspecified atom stereocenters. The van der Waals surface area contributed by atoms with Crippen molar-refractivity contribution in [1.82, 2.24) is 0 Å². The predicted octanol–water partition coefficient (Wildman–Crippen LogP) is 3.07. The van der Waals surface area contributed by atoms with Gasteiger partial charge in [0.2, 0.25) is 0 Å². The van der Waals surface area contributed by atoms with Gasteiger partial charge in [0.1, 0.15) is 5.56 Å². The van der Waals surface area contributed by atoms with Crippen LogP contribution in [0.4, 0.5) is 30.7 Å². The molecule has 0 aromatic heterocycles. The zero-order chi connectivity index (χ0) is 12.7. The van der Waals surface area contributed by atoms with E-state index in [9.17, 15) is 35.5 Å². The van der Waals surface area contributed by atoms with E-state index in [1.807, 2.05) is 0 Å². The van der Waals surface area contributed by atoms with Crippen LogP contribution < -0.4 is 0 Å². The van der Waals surface area contributed by atoms with E-state index in [-0.39, 0.29) is 0 Å². The number of hydrogen-bond donors (Lipinski definition) is 0. The number of benzene rings is 1. The van der Waals surface area contributed by atoms with Gasteiger partial charge < -0.3 is 0 Å². The molecule has 0 heterocycles. The second kappa shape index (κ2) is 3.76. The maximum atomic E-state index is 12.9. The first-order chi connectivity index (χ1) is 7.21. The standard InChI is InChI=1S/C8HF7O/c9-4-2(1-16)5(10)7(12)6(11)3(4)8(13,14)15/h1H. The summed E-state index contributed by atoms with van der Waals surface area (Å²) in [5.74, 6) is -10.0. The Morgan fingerprint density at radius 1 is 0.812 bits per heavy atom. The van der Waals surface area contributed by atoms with E-state index in [1.54, 1.807) is 0 Å². The zero-order valence-electron chi connectivity index (χ0n) is 7.13. The minimum atomic E-state index is -5.57. The number of carbonyl (C=O) groups excluding carboxylic acids is 1. The summed E-state index contributed by atoms with van der Waals surface area (Å²) < 4.78 is 86.9. The van der Waals surface area contributed by atoms with Gasteiger partial charge in [-0.1, -0.05) is 0 Å². The molecular formula is C8HF7O. The number of alkyl halides is 3. The molecular weight excluding hydrogens is 245 g/mol. The first-order valence-corrected chi connectivity index (χ1v) is 3.60. The van der Waals surface area contributed by atoms with Crippen LogP contribution >= 0.6 is 0 Å². The van der Waals surface area contributed by atoms with Crippen LogP contribution in [-0.4, -0.2) is 6.29 Å². The molecule has 88 valence electrons. The lowest BCUT2D eigenvalue weighted by Crippen LogP contribution is -2.17. The number of hydrogen-bond acceptors (Lipinski definition) is 1. The molecule has 1 aromatic rings. The van der Waals surface area contributed by atoms with Crippen LogP contribution in [0.25, 0.3) is 0 Å². The monoisotopic (exact) mass is 246 g/mol. The molecule has 1 rings (SSSR count). The summed E-state index contributed by atoms with van der Waals surface area (Å²) in [4.78, 5) is 10.1. The largest absolute Gasteiger partial charge is 0.422 e. The summed E-state index contributed by atoms with van der Waals surface area (Å²) >= 11 is 0. The van der Waals surface area contributed by atoms with E-state index in [1.165, 1.54) is 0 Å². The van der Waals surface area contributed by atoms with E-state index < -0.39 is 46.9 Å². The van der Waals surface area contributed by atoms with Gasteiger partial charge in [-0.3, -0.25) is 4.79 Å². The molecule has 0 aliphatic carbocycles. The van der Waals surface area contributed by atoms with Crippen LogP contribution in [0, 0.1) is 23.3 Å². The summed E-state index contributed by atoms with van der Waals surface area (Å²) in [5, 5.41) is 0. The van der Waals surface area contributed by atoms with Crippen LogP contribution in [0.15, 0.2) is 0 Å². The smallest absolute Gasteiger partial charge is 0.298 e. The van der Waals surface area contributed by atoms with Crippen LogP contribution in [0.5, 0.6) is 0 Å². The third kappa shape index (κ3) is 1.74. The molecule has 0 saturated carbocycles. The third-order valence-corrected chi connectivity index (χ3v) is 1.70. The second-order valence-electron chi connectivity index (χ2n) is 2.66. The van der Waals surface area contributed by atoms with Gasteiger partial charge in [0.15, 0.2) is 29.6 Å². The quantitative estimate of drug-likeness (QED) is 0.322. The first-order valence-electron chi connectivity index (χ1n) is 3.60. The second-order valence-corrected chi connectivity index (χ2v) is 2.66. The summed E-state index contributed by atoms with van der Waals surface area (Å²) in [7, 11) is 0. The average molecular weight is 246 g/mol. The van der Waals surface area contributed by atoms with Crippen molar-refractivity contribution in [2.45, 2.75) is 6.18 Å². The molecule has 0 aliphatic rings. The maximum Gasteiger partial charge on any atom is 0.422 e. The number of rotatable bonds is 1. The van der Waals surface area contributed by atoms with E-state index in [0.717, 1.165) is 0 Å². The van der Waals surface area contributed by atoms with Gasteiger partial charge in [0.25, 0.3) is 0 Å². The Morgan fingerprint density at radius 2 is 1.31 bits per heavy atom. The molecule has 8 heteroatoms. The third-order valence-electron chi connectivity index (χ3n) is 1.70. The SMILES string of the molecule is O=Cc1c(F)c(F)c(F)c(C(F)(F)F)c1F. The van der Waals surface area contributed by atoms with Crippen molar-refractivity contribution in [3.05, 3.63) is 34.4 Å². The Hall–Kier alpha value is -1.60. The van der Waals surface area contributed by atoms with Gasteiger partial charge in [-0.15, -0.1) is 0 Å². The molecule has 1 nitrogen and oxygen atoms in total. The van der Waals surface area contributed by atoms with Crippen LogP contribution in [0.2, 0.25) is 0 Å². The molecule has 0 aliphatic heterocycles. The molecule has 0 spiro atoms. The fraction of sp³-hybridized carbons (Fsp3) is 0.125. The van der Waals surface area contributed by atoms with Gasteiger partial charge in [-0.2, -0.15) is 13.2 Å². The molecule has 0 N–H and O–H groups in total. The first kappa shape index (κ1) is 12.5. The topological polar surface area (TPSA) is 17.1 Å². The molecule has 16 heavy (non-hydrogen) atoms.